The Hall–Kier alpha value is -2.73. The standard InChI is InChI=1S/C18H19ClN2O4/c1-11(2)25-15-9-8-12(10-16(15)24-3)17(22)20-21-18(23)13-6-4-5-7-14(13)19/h4-11H,1-3H3,(H,20,22)(H,21,23). The van der Waals surface area contributed by atoms with Crippen molar-refractivity contribution in [3.63, 3.8) is 0 Å². The highest BCUT2D eigenvalue weighted by atomic mass is 35.5. The van der Waals surface area contributed by atoms with Crippen LogP contribution in [0.3, 0.4) is 0 Å². The first-order valence-corrected chi connectivity index (χ1v) is 8.00. The van der Waals surface area contributed by atoms with Gasteiger partial charge in [-0.05, 0) is 44.2 Å². The first-order valence-electron chi connectivity index (χ1n) is 7.62. The van der Waals surface area contributed by atoms with Gasteiger partial charge in [-0.3, -0.25) is 20.4 Å². The Bertz CT molecular complexity index is 777. The summed E-state index contributed by atoms with van der Waals surface area (Å²) in [5.74, 6) is -0.0339. The van der Waals surface area contributed by atoms with Crippen molar-refractivity contribution in [2.75, 3.05) is 7.11 Å². The maximum absolute atomic E-state index is 12.2. The van der Waals surface area contributed by atoms with Crippen molar-refractivity contribution >= 4 is 23.4 Å². The third kappa shape index (κ3) is 4.87. The van der Waals surface area contributed by atoms with E-state index >= 15 is 0 Å². The summed E-state index contributed by atoms with van der Waals surface area (Å²) in [5.41, 5.74) is 5.25. The average molecular weight is 363 g/mol. The Morgan fingerprint density at radius 3 is 2.32 bits per heavy atom. The molecule has 25 heavy (non-hydrogen) atoms. The van der Waals surface area contributed by atoms with Crippen molar-refractivity contribution in [2.45, 2.75) is 20.0 Å². The van der Waals surface area contributed by atoms with Crippen LogP contribution in [0.4, 0.5) is 0 Å². The minimum Gasteiger partial charge on any atom is -0.493 e. The SMILES string of the molecule is COc1cc(C(=O)NNC(=O)c2ccccc2Cl)ccc1OC(C)C. The third-order valence-corrected chi connectivity index (χ3v) is 3.53. The lowest BCUT2D eigenvalue weighted by Gasteiger charge is -2.14. The summed E-state index contributed by atoms with van der Waals surface area (Å²) in [7, 11) is 1.49. The van der Waals surface area contributed by atoms with Gasteiger partial charge in [0.2, 0.25) is 0 Å². The van der Waals surface area contributed by atoms with Gasteiger partial charge in [-0.1, -0.05) is 23.7 Å². The zero-order valence-electron chi connectivity index (χ0n) is 14.1. The summed E-state index contributed by atoms with van der Waals surface area (Å²) >= 11 is 5.95. The zero-order chi connectivity index (χ0) is 18.4. The Morgan fingerprint density at radius 2 is 1.68 bits per heavy atom. The van der Waals surface area contributed by atoms with Gasteiger partial charge in [0.1, 0.15) is 0 Å². The van der Waals surface area contributed by atoms with E-state index in [1.165, 1.54) is 13.2 Å². The van der Waals surface area contributed by atoms with Crippen LogP contribution in [0, 0.1) is 0 Å². The molecule has 0 unspecified atom stereocenters. The second-order valence-electron chi connectivity index (χ2n) is 5.42. The van der Waals surface area contributed by atoms with Crippen molar-refractivity contribution < 1.29 is 19.1 Å². The second kappa shape index (κ2) is 8.39. The van der Waals surface area contributed by atoms with E-state index in [2.05, 4.69) is 10.9 Å². The highest BCUT2D eigenvalue weighted by Gasteiger charge is 2.14. The third-order valence-electron chi connectivity index (χ3n) is 3.20. The fraction of sp³-hybridized carbons (Fsp3) is 0.222. The van der Waals surface area contributed by atoms with Gasteiger partial charge in [-0.2, -0.15) is 0 Å². The van der Waals surface area contributed by atoms with Crippen molar-refractivity contribution in [3.05, 3.63) is 58.6 Å². The number of halogens is 1. The van der Waals surface area contributed by atoms with Crippen LogP contribution in [-0.4, -0.2) is 25.0 Å². The smallest absolute Gasteiger partial charge is 0.271 e. The molecule has 0 spiro atoms. The number of nitrogens with one attached hydrogen (secondary N) is 2. The van der Waals surface area contributed by atoms with Crippen molar-refractivity contribution in [1.82, 2.24) is 10.9 Å². The van der Waals surface area contributed by atoms with Crippen molar-refractivity contribution in [2.24, 2.45) is 0 Å². The summed E-state index contributed by atoms with van der Waals surface area (Å²) in [6, 6.07) is 11.3. The molecule has 2 rings (SSSR count). The van der Waals surface area contributed by atoms with Crippen molar-refractivity contribution in [1.29, 1.82) is 0 Å². The van der Waals surface area contributed by atoms with Crippen molar-refractivity contribution in [3.8, 4) is 11.5 Å². The number of carbonyl (C=O) groups is 2. The monoisotopic (exact) mass is 362 g/mol. The zero-order valence-corrected chi connectivity index (χ0v) is 14.9. The molecule has 0 radical (unpaired) electrons. The molecule has 0 bridgehead atoms. The molecule has 2 N–H and O–H groups in total. The predicted octanol–water partition coefficient (Wildman–Crippen LogP) is 3.21. The molecule has 0 aliphatic carbocycles. The molecule has 0 atom stereocenters. The molecule has 6 nitrogen and oxygen atoms in total. The Morgan fingerprint density at radius 1 is 1.00 bits per heavy atom. The van der Waals surface area contributed by atoms with Crippen LogP contribution in [0.15, 0.2) is 42.5 Å². The van der Waals surface area contributed by atoms with Crippen LogP contribution in [0.2, 0.25) is 5.02 Å². The van der Waals surface area contributed by atoms with Crippen LogP contribution in [0.25, 0.3) is 0 Å². The molecular formula is C18H19ClN2O4. The van der Waals surface area contributed by atoms with E-state index in [1.807, 2.05) is 13.8 Å². The van der Waals surface area contributed by atoms with Gasteiger partial charge in [-0.25, -0.2) is 0 Å². The number of amides is 2. The first kappa shape index (κ1) is 18.6. The fourth-order valence-electron chi connectivity index (χ4n) is 2.06. The largest absolute Gasteiger partial charge is 0.493 e. The van der Waals surface area contributed by atoms with Gasteiger partial charge in [-0.15, -0.1) is 0 Å². The minimum atomic E-state index is -0.509. The number of hydrogen-bond acceptors (Lipinski definition) is 4. The molecule has 2 amide bonds. The van der Waals surface area contributed by atoms with Crippen LogP contribution in [-0.2, 0) is 0 Å². The molecule has 0 saturated carbocycles. The minimum absolute atomic E-state index is 0.0246. The Kier molecular flexibility index (Phi) is 6.25. The topological polar surface area (TPSA) is 76.7 Å². The van der Waals surface area contributed by atoms with E-state index in [-0.39, 0.29) is 11.7 Å². The van der Waals surface area contributed by atoms with Gasteiger partial charge in [0.25, 0.3) is 11.8 Å². The van der Waals surface area contributed by atoms with Crippen LogP contribution >= 0.6 is 11.6 Å². The summed E-state index contributed by atoms with van der Waals surface area (Å²) in [6.07, 6.45) is -0.0246. The molecule has 0 aliphatic rings. The summed E-state index contributed by atoms with van der Waals surface area (Å²) < 4.78 is 10.8. The lowest BCUT2D eigenvalue weighted by Crippen LogP contribution is -2.41. The molecule has 2 aromatic rings. The highest BCUT2D eigenvalue weighted by molar-refractivity contribution is 6.33. The maximum Gasteiger partial charge on any atom is 0.271 e. The number of rotatable bonds is 5. The molecule has 0 aromatic heterocycles. The van der Waals surface area contributed by atoms with Crippen LogP contribution in [0.1, 0.15) is 34.6 Å². The second-order valence-corrected chi connectivity index (χ2v) is 5.83. The molecule has 7 heteroatoms. The Labute approximate surface area is 151 Å². The lowest BCUT2D eigenvalue weighted by atomic mass is 10.2. The van der Waals surface area contributed by atoms with Crippen LogP contribution in [0.5, 0.6) is 11.5 Å². The summed E-state index contributed by atoms with van der Waals surface area (Å²) in [4.78, 5) is 24.3. The maximum atomic E-state index is 12.2. The molecule has 0 fully saturated rings. The number of carbonyl (C=O) groups excluding carboxylic acids is 2. The van der Waals surface area contributed by atoms with Gasteiger partial charge in [0, 0.05) is 5.56 Å². The molecule has 2 aromatic carbocycles. The van der Waals surface area contributed by atoms with E-state index in [0.717, 1.165) is 0 Å². The van der Waals surface area contributed by atoms with Crippen LogP contribution < -0.4 is 20.3 Å². The molecule has 0 heterocycles. The van der Waals surface area contributed by atoms with Gasteiger partial charge >= 0.3 is 0 Å². The summed E-state index contributed by atoms with van der Waals surface area (Å²) in [5, 5.41) is 0.297. The molecular weight excluding hydrogens is 344 g/mol. The molecule has 132 valence electrons. The quantitative estimate of drug-likeness (QED) is 0.801. The van der Waals surface area contributed by atoms with E-state index < -0.39 is 11.8 Å². The fourth-order valence-corrected chi connectivity index (χ4v) is 2.28. The number of benzene rings is 2. The highest BCUT2D eigenvalue weighted by Crippen LogP contribution is 2.28. The van der Waals surface area contributed by atoms with Gasteiger partial charge < -0.3 is 9.47 Å². The average Bonchev–Trinajstić information content (AvgIpc) is 2.59. The first-order chi connectivity index (χ1) is 11.9. The van der Waals surface area contributed by atoms with E-state index in [1.54, 1.807) is 36.4 Å². The normalized spacial score (nSPS) is 10.3. The Balaban J connectivity index is 2.06. The number of methoxy groups -OCH3 is 1. The van der Waals surface area contributed by atoms with E-state index in [0.29, 0.717) is 22.1 Å². The number of ether oxygens (including phenoxy) is 2. The number of hydrazine groups is 1. The molecule has 0 aliphatic heterocycles. The predicted molar refractivity (Wildman–Crippen MR) is 95.1 cm³/mol. The molecule has 0 saturated heterocycles. The van der Waals surface area contributed by atoms with E-state index in [4.69, 9.17) is 21.1 Å². The number of hydrogen-bond donors (Lipinski definition) is 2. The lowest BCUT2D eigenvalue weighted by molar-refractivity contribution is 0.0846. The summed E-state index contributed by atoms with van der Waals surface area (Å²) in [6.45, 7) is 3.79. The van der Waals surface area contributed by atoms with E-state index in [9.17, 15) is 9.59 Å². The van der Waals surface area contributed by atoms with Gasteiger partial charge in [0.05, 0.1) is 23.8 Å². The van der Waals surface area contributed by atoms with Gasteiger partial charge in [0.15, 0.2) is 11.5 Å².